The second kappa shape index (κ2) is 4.74. The van der Waals surface area contributed by atoms with Crippen molar-refractivity contribution in [2.75, 3.05) is 7.05 Å². The topological polar surface area (TPSA) is 90.5 Å². The lowest BCUT2D eigenvalue weighted by Gasteiger charge is -2.33. The van der Waals surface area contributed by atoms with Crippen LogP contribution in [0, 0.1) is 0 Å². The molecule has 0 bridgehead atoms. The largest absolute Gasteiger partial charge is 0.477 e. The lowest BCUT2D eigenvalue weighted by Crippen LogP contribution is -2.44. The molecular formula is C11H18N2O4S. The van der Waals surface area contributed by atoms with Crippen LogP contribution in [0.2, 0.25) is 0 Å². The zero-order chi connectivity index (χ0) is 14.1. The Morgan fingerprint density at radius 2 is 2.06 bits per heavy atom. The van der Waals surface area contributed by atoms with E-state index >= 15 is 0 Å². The molecule has 1 aromatic rings. The van der Waals surface area contributed by atoms with Crippen LogP contribution in [0.15, 0.2) is 17.2 Å². The lowest BCUT2D eigenvalue weighted by atomic mass is 10.0. The number of carboxylic acids is 1. The van der Waals surface area contributed by atoms with Crippen LogP contribution in [0.1, 0.15) is 37.7 Å². The predicted molar refractivity (Wildman–Crippen MR) is 67.1 cm³/mol. The average molecular weight is 274 g/mol. The van der Waals surface area contributed by atoms with Crippen LogP contribution >= 0.6 is 0 Å². The van der Waals surface area contributed by atoms with Gasteiger partial charge in [0.25, 0.3) is 0 Å². The molecule has 0 aliphatic carbocycles. The maximum absolute atomic E-state index is 12.3. The number of hydrogen-bond acceptors (Lipinski definition) is 3. The summed E-state index contributed by atoms with van der Waals surface area (Å²) in [4.78, 5) is 13.1. The molecule has 102 valence electrons. The zero-order valence-electron chi connectivity index (χ0n) is 10.9. The van der Waals surface area contributed by atoms with E-state index in [-0.39, 0.29) is 10.6 Å². The van der Waals surface area contributed by atoms with Gasteiger partial charge in [-0.2, -0.15) is 4.31 Å². The van der Waals surface area contributed by atoms with Gasteiger partial charge in [0.1, 0.15) is 10.6 Å². The smallest absolute Gasteiger partial charge is 0.352 e. The summed E-state index contributed by atoms with van der Waals surface area (Å²) in [5, 5.41) is 8.77. The van der Waals surface area contributed by atoms with Crippen LogP contribution in [0.5, 0.6) is 0 Å². The summed E-state index contributed by atoms with van der Waals surface area (Å²) in [6.45, 7) is 5.52. The molecule has 1 rings (SSSR count). The van der Waals surface area contributed by atoms with Crippen molar-refractivity contribution < 1.29 is 18.3 Å². The summed E-state index contributed by atoms with van der Waals surface area (Å²) < 4.78 is 25.8. The number of hydrogen-bond donors (Lipinski definition) is 2. The molecule has 0 fully saturated rings. The van der Waals surface area contributed by atoms with Crippen LogP contribution in [0.3, 0.4) is 0 Å². The van der Waals surface area contributed by atoms with Gasteiger partial charge in [-0.3, -0.25) is 0 Å². The highest BCUT2D eigenvalue weighted by Crippen LogP contribution is 2.25. The summed E-state index contributed by atoms with van der Waals surface area (Å²) in [6.07, 6.45) is 1.85. The van der Waals surface area contributed by atoms with Crippen molar-refractivity contribution in [1.82, 2.24) is 9.29 Å². The first kappa shape index (κ1) is 14.7. The molecule has 0 saturated heterocycles. The van der Waals surface area contributed by atoms with Gasteiger partial charge in [0.15, 0.2) is 0 Å². The van der Waals surface area contributed by atoms with Gasteiger partial charge in [-0.1, -0.05) is 6.92 Å². The molecule has 0 amide bonds. The Hall–Kier alpha value is -1.34. The maximum atomic E-state index is 12.3. The molecule has 0 radical (unpaired) electrons. The molecule has 0 saturated carbocycles. The SMILES string of the molecule is CCC(C)(C)N(C)S(=O)(=O)c1c[nH]c(C(=O)O)c1. The Morgan fingerprint density at radius 3 is 2.44 bits per heavy atom. The highest BCUT2D eigenvalue weighted by molar-refractivity contribution is 7.89. The normalized spacial score (nSPS) is 12.9. The second-order valence-electron chi connectivity index (χ2n) is 4.69. The molecule has 7 heteroatoms. The van der Waals surface area contributed by atoms with Gasteiger partial charge in [0.2, 0.25) is 10.0 Å². The average Bonchev–Trinajstić information content (AvgIpc) is 2.77. The molecule has 2 N–H and O–H groups in total. The number of carbonyl (C=O) groups is 1. The van der Waals surface area contributed by atoms with E-state index in [9.17, 15) is 13.2 Å². The Labute approximate surface area is 107 Å². The van der Waals surface area contributed by atoms with Crippen molar-refractivity contribution in [3.8, 4) is 0 Å². The third kappa shape index (κ3) is 2.56. The van der Waals surface area contributed by atoms with Crippen molar-refractivity contribution in [1.29, 1.82) is 0 Å². The first-order valence-corrected chi connectivity index (χ1v) is 6.97. The number of carboxylic acid groups (broad SMARTS) is 1. The van der Waals surface area contributed by atoms with Gasteiger partial charge in [-0.05, 0) is 26.3 Å². The third-order valence-corrected chi connectivity index (χ3v) is 5.31. The number of nitrogens with zero attached hydrogens (tertiary/aromatic N) is 1. The van der Waals surface area contributed by atoms with E-state index in [1.54, 1.807) is 0 Å². The number of nitrogens with one attached hydrogen (secondary N) is 1. The minimum absolute atomic E-state index is 0.0380. The van der Waals surface area contributed by atoms with Crippen LogP contribution in [-0.4, -0.2) is 41.4 Å². The van der Waals surface area contributed by atoms with E-state index in [4.69, 9.17) is 5.11 Å². The van der Waals surface area contributed by atoms with Crippen molar-refractivity contribution in [2.24, 2.45) is 0 Å². The van der Waals surface area contributed by atoms with Crippen LogP contribution < -0.4 is 0 Å². The van der Waals surface area contributed by atoms with Gasteiger partial charge in [0, 0.05) is 18.8 Å². The molecular weight excluding hydrogens is 256 g/mol. The fourth-order valence-corrected chi connectivity index (χ4v) is 2.92. The first-order valence-electron chi connectivity index (χ1n) is 5.53. The Kier molecular flexibility index (Phi) is 3.87. The number of sulfonamides is 1. The summed E-state index contributed by atoms with van der Waals surface area (Å²) in [6, 6.07) is 1.12. The molecule has 0 aromatic carbocycles. The Balaban J connectivity index is 3.17. The third-order valence-electron chi connectivity index (χ3n) is 3.26. The highest BCUT2D eigenvalue weighted by atomic mass is 32.2. The number of aromatic amines is 1. The van der Waals surface area contributed by atoms with Gasteiger partial charge < -0.3 is 10.1 Å². The number of aromatic carboxylic acids is 1. The molecule has 0 aliphatic rings. The first-order chi connectivity index (χ1) is 8.13. The lowest BCUT2D eigenvalue weighted by molar-refractivity contribution is 0.0691. The van der Waals surface area contributed by atoms with Crippen molar-refractivity contribution in [3.63, 3.8) is 0 Å². The molecule has 18 heavy (non-hydrogen) atoms. The highest BCUT2D eigenvalue weighted by Gasteiger charge is 2.33. The molecule has 0 unspecified atom stereocenters. The quantitative estimate of drug-likeness (QED) is 0.851. The summed E-state index contributed by atoms with van der Waals surface area (Å²) in [5.74, 6) is -1.19. The van der Waals surface area contributed by atoms with Gasteiger partial charge >= 0.3 is 5.97 Å². The maximum Gasteiger partial charge on any atom is 0.352 e. The van der Waals surface area contributed by atoms with Crippen molar-refractivity contribution >= 4 is 16.0 Å². The summed E-state index contributed by atoms with van der Waals surface area (Å²) in [7, 11) is -2.19. The van der Waals surface area contributed by atoms with E-state index in [0.717, 1.165) is 6.07 Å². The second-order valence-corrected chi connectivity index (χ2v) is 6.66. The summed E-state index contributed by atoms with van der Waals surface area (Å²) >= 11 is 0. The number of rotatable bonds is 5. The van der Waals surface area contributed by atoms with Crippen LogP contribution in [-0.2, 0) is 10.0 Å². The monoisotopic (exact) mass is 274 g/mol. The van der Waals surface area contributed by atoms with E-state index in [1.165, 1.54) is 17.5 Å². The number of aromatic nitrogens is 1. The van der Waals surface area contributed by atoms with E-state index < -0.39 is 21.5 Å². The molecule has 1 heterocycles. The molecule has 0 atom stereocenters. The van der Waals surface area contributed by atoms with E-state index in [0.29, 0.717) is 6.42 Å². The molecule has 0 aliphatic heterocycles. The zero-order valence-corrected chi connectivity index (χ0v) is 11.7. The minimum atomic E-state index is -3.68. The fourth-order valence-electron chi connectivity index (χ4n) is 1.35. The Bertz CT molecular complexity index is 545. The standard InChI is InChI=1S/C11H18N2O4S/c1-5-11(2,3)13(4)18(16,17)8-6-9(10(14)15)12-7-8/h6-7,12H,5H2,1-4H3,(H,14,15). The van der Waals surface area contributed by atoms with E-state index in [2.05, 4.69) is 4.98 Å². The van der Waals surface area contributed by atoms with Crippen LogP contribution in [0.25, 0.3) is 0 Å². The molecule has 6 nitrogen and oxygen atoms in total. The van der Waals surface area contributed by atoms with Gasteiger partial charge in [-0.15, -0.1) is 0 Å². The van der Waals surface area contributed by atoms with Crippen LogP contribution in [0.4, 0.5) is 0 Å². The van der Waals surface area contributed by atoms with Gasteiger partial charge in [-0.25, -0.2) is 13.2 Å². The fraction of sp³-hybridized carbons (Fsp3) is 0.545. The Morgan fingerprint density at radius 1 is 1.50 bits per heavy atom. The predicted octanol–water partition coefficient (Wildman–Crippen LogP) is 1.52. The number of H-pyrrole nitrogens is 1. The van der Waals surface area contributed by atoms with E-state index in [1.807, 2.05) is 20.8 Å². The molecule has 1 aromatic heterocycles. The molecule has 0 spiro atoms. The minimum Gasteiger partial charge on any atom is -0.477 e. The van der Waals surface area contributed by atoms with Crippen molar-refractivity contribution in [2.45, 2.75) is 37.6 Å². The van der Waals surface area contributed by atoms with Crippen molar-refractivity contribution in [3.05, 3.63) is 18.0 Å². The van der Waals surface area contributed by atoms with Gasteiger partial charge in [0.05, 0.1) is 0 Å². The summed E-state index contributed by atoms with van der Waals surface area (Å²) in [5.41, 5.74) is -0.671.